The largest absolute Gasteiger partial charge is 0.466 e. The number of nitro benzene ring substituents is 1. The molecule has 0 N–H and O–H groups in total. The number of methoxy groups -OCH3 is 1. The predicted molar refractivity (Wildman–Crippen MR) is 118 cm³/mol. The number of morpholine rings is 1. The number of allylic oxidation sites excluding steroid dienone is 1. The monoisotopic (exact) mass is 458 g/mol. The predicted octanol–water partition coefficient (Wildman–Crippen LogP) is 2.59. The lowest BCUT2D eigenvalue weighted by Crippen LogP contribution is -2.42. The first-order valence-corrected chi connectivity index (χ1v) is 10.9. The molecule has 4 rings (SSSR count). The first-order valence-electron chi connectivity index (χ1n) is 10.0. The van der Waals surface area contributed by atoms with Gasteiger partial charge in [0.25, 0.3) is 5.69 Å². The van der Waals surface area contributed by atoms with Crippen molar-refractivity contribution in [2.45, 2.75) is 19.4 Å². The fourth-order valence-corrected chi connectivity index (χ4v) is 4.91. The molecule has 11 heteroatoms. The molecule has 0 spiro atoms. The normalized spacial score (nSPS) is 20.5. The van der Waals surface area contributed by atoms with E-state index in [1.54, 1.807) is 28.9 Å². The van der Waals surface area contributed by atoms with Crippen LogP contribution in [0.2, 0.25) is 0 Å². The minimum Gasteiger partial charge on any atom is -0.466 e. The molecule has 1 saturated heterocycles. The number of hydrogen-bond acceptors (Lipinski definition) is 9. The number of nitrogens with zero attached hydrogens (tertiary/aromatic N) is 4. The number of benzene rings is 1. The average Bonchev–Trinajstić information content (AvgIpc) is 3.20. The van der Waals surface area contributed by atoms with Crippen LogP contribution in [0.3, 0.4) is 0 Å². The summed E-state index contributed by atoms with van der Waals surface area (Å²) in [5.74, 6) is -0.623. The van der Waals surface area contributed by atoms with Crippen molar-refractivity contribution in [1.82, 2.24) is 9.80 Å². The van der Waals surface area contributed by atoms with Gasteiger partial charge in [-0.2, -0.15) is 0 Å². The van der Waals surface area contributed by atoms with Crippen molar-refractivity contribution in [3.05, 3.63) is 62.3 Å². The summed E-state index contributed by atoms with van der Waals surface area (Å²) in [6.07, 6.45) is 0.116. The Morgan fingerprint density at radius 3 is 2.78 bits per heavy atom. The highest BCUT2D eigenvalue weighted by molar-refractivity contribution is 8.16. The second-order valence-electron chi connectivity index (χ2n) is 7.41. The molecule has 1 aromatic rings. The maximum Gasteiger partial charge on any atom is 0.338 e. The topological polar surface area (TPSA) is 115 Å². The number of amidine groups is 1. The van der Waals surface area contributed by atoms with Crippen molar-refractivity contribution in [2.24, 2.45) is 4.99 Å². The Hall–Kier alpha value is -3.18. The van der Waals surface area contributed by atoms with E-state index in [2.05, 4.69) is 4.99 Å². The zero-order valence-electron chi connectivity index (χ0n) is 17.6. The van der Waals surface area contributed by atoms with E-state index in [9.17, 15) is 19.7 Å². The van der Waals surface area contributed by atoms with E-state index >= 15 is 0 Å². The van der Waals surface area contributed by atoms with Gasteiger partial charge in [0.2, 0.25) is 5.91 Å². The van der Waals surface area contributed by atoms with Crippen molar-refractivity contribution >= 4 is 34.5 Å². The molecule has 3 aliphatic heterocycles. The third-order valence-electron chi connectivity index (χ3n) is 5.50. The van der Waals surface area contributed by atoms with Crippen LogP contribution in [0, 0.1) is 10.1 Å². The Morgan fingerprint density at radius 2 is 2.09 bits per heavy atom. The number of rotatable bonds is 5. The summed E-state index contributed by atoms with van der Waals surface area (Å²) in [6, 6.07) is 5.44. The fraction of sp³-hybridized carbons (Fsp3) is 0.381. The number of amides is 1. The van der Waals surface area contributed by atoms with Crippen LogP contribution in [-0.2, 0) is 19.1 Å². The smallest absolute Gasteiger partial charge is 0.338 e. The molecule has 168 valence electrons. The van der Waals surface area contributed by atoms with Crippen LogP contribution in [-0.4, -0.2) is 65.2 Å². The van der Waals surface area contributed by atoms with E-state index in [4.69, 9.17) is 9.47 Å². The average molecular weight is 458 g/mol. The molecule has 32 heavy (non-hydrogen) atoms. The molecule has 1 fully saturated rings. The lowest BCUT2D eigenvalue weighted by atomic mass is 9.93. The number of esters is 1. The highest BCUT2D eigenvalue weighted by Crippen LogP contribution is 2.45. The zero-order chi connectivity index (χ0) is 22.8. The highest BCUT2D eigenvalue weighted by Gasteiger charge is 2.41. The van der Waals surface area contributed by atoms with E-state index in [0.29, 0.717) is 48.4 Å². The van der Waals surface area contributed by atoms with Crippen molar-refractivity contribution in [3.8, 4) is 0 Å². The Bertz CT molecular complexity index is 1060. The molecular formula is C21H22N4O6S. The standard InChI is InChI=1S/C21H22N4O6S/c1-13-18(20(27)30-2)19(14-4-3-5-15(10-14)25(28)29)24-16(12-32-21(24)22-13)11-17(26)23-6-8-31-9-7-23/h3-5,10,12,19H,6-9,11H2,1-2H3. The van der Waals surface area contributed by atoms with Crippen LogP contribution in [0.5, 0.6) is 0 Å². The van der Waals surface area contributed by atoms with Crippen LogP contribution >= 0.6 is 11.8 Å². The highest BCUT2D eigenvalue weighted by atomic mass is 32.2. The number of thioether (sulfide) groups is 1. The van der Waals surface area contributed by atoms with E-state index in [-0.39, 0.29) is 23.6 Å². The van der Waals surface area contributed by atoms with Gasteiger partial charge in [0.1, 0.15) is 0 Å². The second kappa shape index (κ2) is 9.13. The minimum atomic E-state index is -0.700. The van der Waals surface area contributed by atoms with Crippen molar-refractivity contribution in [3.63, 3.8) is 0 Å². The van der Waals surface area contributed by atoms with Gasteiger partial charge in [-0.3, -0.25) is 14.9 Å². The van der Waals surface area contributed by atoms with E-state index in [1.165, 1.54) is 31.0 Å². The molecular weight excluding hydrogens is 436 g/mol. The van der Waals surface area contributed by atoms with Crippen LogP contribution in [0.25, 0.3) is 0 Å². The number of fused-ring (bicyclic) bond motifs is 1. The summed E-state index contributed by atoms with van der Waals surface area (Å²) in [5, 5.41) is 13.8. The third-order valence-corrected chi connectivity index (χ3v) is 6.39. The molecule has 0 aromatic heterocycles. The van der Waals surface area contributed by atoms with Gasteiger partial charge in [0.05, 0.1) is 49.0 Å². The molecule has 3 aliphatic rings. The molecule has 1 aromatic carbocycles. The number of carbonyl (C=O) groups excluding carboxylic acids is 2. The van der Waals surface area contributed by atoms with Gasteiger partial charge >= 0.3 is 5.97 Å². The number of nitro groups is 1. The molecule has 1 atom stereocenters. The fourth-order valence-electron chi connectivity index (χ4n) is 3.94. The maximum absolute atomic E-state index is 12.9. The lowest BCUT2D eigenvalue weighted by molar-refractivity contribution is -0.384. The molecule has 0 saturated carbocycles. The summed E-state index contributed by atoms with van der Waals surface area (Å²) < 4.78 is 10.3. The Balaban J connectivity index is 1.72. The summed E-state index contributed by atoms with van der Waals surface area (Å²) in [6.45, 7) is 3.77. The third kappa shape index (κ3) is 4.13. The molecule has 0 radical (unpaired) electrons. The SMILES string of the molecule is COC(=O)C1=C(C)N=C2SC=C(CC(=O)N3CCOCC3)N2C1c1cccc([N+](=O)[O-])c1. The van der Waals surface area contributed by atoms with Crippen molar-refractivity contribution in [1.29, 1.82) is 0 Å². The van der Waals surface area contributed by atoms with Gasteiger partial charge in [0.15, 0.2) is 5.17 Å². The number of carbonyl (C=O) groups is 2. The van der Waals surface area contributed by atoms with Crippen LogP contribution in [0.1, 0.15) is 24.9 Å². The number of hydrogen-bond donors (Lipinski definition) is 0. The van der Waals surface area contributed by atoms with Gasteiger partial charge in [-0.1, -0.05) is 23.9 Å². The summed E-state index contributed by atoms with van der Waals surface area (Å²) in [4.78, 5) is 44.6. The van der Waals surface area contributed by atoms with Crippen LogP contribution in [0.4, 0.5) is 5.69 Å². The second-order valence-corrected chi connectivity index (χ2v) is 8.24. The lowest BCUT2D eigenvalue weighted by Gasteiger charge is -2.36. The molecule has 3 heterocycles. The van der Waals surface area contributed by atoms with Gasteiger partial charge in [-0.05, 0) is 17.9 Å². The van der Waals surface area contributed by atoms with Crippen LogP contribution < -0.4 is 0 Å². The van der Waals surface area contributed by atoms with Gasteiger partial charge in [-0.15, -0.1) is 0 Å². The number of ether oxygens (including phenoxy) is 2. The van der Waals surface area contributed by atoms with E-state index in [0.717, 1.165) is 0 Å². The molecule has 1 unspecified atom stereocenters. The van der Waals surface area contributed by atoms with E-state index < -0.39 is 16.9 Å². The molecule has 0 aliphatic carbocycles. The van der Waals surface area contributed by atoms with E-state index in [1.807, 2.05) is 5.41 Å². The van der Waals surface area contributed by atoms with Crippen LogP contribution in [0.15, 0.2) is 51.6 Å². The number of aliphatic imine (C=N–C) groups is 1. The Morgan fingerprint density at radius 1 is 1.34 bits per heavy atom. The number of non-ortho nitro benzene ring substituents is 1. The Kier molecular flexibility index (Phi) is 6.28. The summed E-state index contributed by atoms with van der Waals surface area (Å²) >= 11 is 1.36. The van der Waals surface area contributed by atoms with Crippen molar-refractivity contribution < 1.29 is 24.0 Å². The quantitative estimate of drug-likeness (QED) is 0.376. The minimum absolute atomic E-state index is 0.0508. The van der Waals surface area contributed by atoms with Crippen molar-refractivity contribution in [2.75, 3.05) is 33.4 Å². The van der Waals surface area contributed by atoms with Gasteiger partial charge < -0.3 is 19.3 Å². The molecule has 0 bridgehead atoms. The molecule has 1 amide bonds. The maximum atomic E-state index is 12.9. The first kappa shape index (κ1) is 22.0. The summed E-state index contributed by atoms with van der Waals surface area (Å²) in [7, 11) is 1.28. The van der Waals surface area contributed by atoms with Gasteiger partial charge in [0, 0.05) is 30.9 Å². The molecule has 10 nitrogen and oxygen atoms in total. The van der Waals surface area contributed by atoms with Gasteiger partial charge in [-0.25, -0.2) is 9.79 Å². The first-order chi connectivity index (χ1) is 15.4. The zero-order valence-corrected chi connectivity index (χ0v) is 18.5. The Labute approximate surface area is 188 Å². The summed E-state index contributed by atoms with van der Waals surface area (Å²) in [5.41, 5.74) is 1.88.